The molecule has 0 aliphatic heterocycles. The predicted octanol–water partition coefficient (Wildman–Crippen LogP) is 1.61. The van der Waals surface area contributed by atoms with Crippen molar-refractivity contribution in [1.82, 2.24) is 0 Å². The summed E-state index contributed by atoms with van der Waals surface area (Å²) in [5.74, 6) is -3.54. The molecule has 0 bridgehead atoms. The van der Waals surface area contributed by atoms with Gasteiger partial charge in [-0.15, -0.1) is 0 Å². The fraction of sp³-hybridized carbons (Fsp3) is 0.333. The number of hydrogen-bond donors (Lipinski definition) is 1. The molecule has 0 heterocycles. The van der Waals surface area contributed by atoms with Gasteiger partial charge in [0.2, 0.25) is 0 Å². The molecule has 0 unspecified atom stereocenters. The van der Waals surface area contributed by atoms with E-state index in [1.807, 2.05) is 0 Å². The number of hydrogen-bond acceptors (Lipinski definition) is 2. The summed E-state index contributed by atoms with van der Waals surface area (Å²) >= 11 is 0. The fourth-order valence-electron chi connectivity index (χ4n) is 1.14. The van der Waals surface area contributed by atoms with Gasteiger partial charge in [0.15, 0.2) is 23.2 Å². The smallest absolute Gasteiger partial charge is 0.171 e. The molecule has 0 aliphatic carbocycles. The zero-order valence-corrected chi connectivity index (χ0v) is 7.61. The summed E-state index contributed by atoms with van der Waals surface area (Å²) in [6.07, 6.45) is -0.0637. The molecule has 0 fully saturated rings. The van der Waals surface area contributed by atoms with Gasteiger partial charge in [0, 0.05) is 11.6 Å². The summed E-state index contributed by atoms with van der Waals surface area (Å²) in [5.41, 5.74) is 4.77. The van der Waals surface area contributed by atoms with Crippen LogP contribution in [0.4, 0.5) is 13.2 Å². The van der Waals surface area contributed by atoms with Crippen molar-refractivity contribution in [1.29, 1.82) is 0 Å². The molecule has 1 rings (SSSR count). The second kappa shape index (κ2) is 4.32. The van der Waals surface area contributed by atoms with E-state index >= 15 is 0 Å². The molecule has 0 aliphatic rings. The molecule has 2 N–H and O–H groups in total. The van der Waals surface area contributed by atoms with E-state index in [0.29, 0.717) is 6.07 Å². The average Bonchev–Trinajstić information content (AvgIpc) is 2.18. The zero-order valence-electron chi connectivity index (χ0n) is 7.61. The lowest BCUT2D eigenvalue weighted by molar-refractivity contribution is 0.371. The lowest BCUT2D eigenvalue weighted by atomic mass is 10.1. The summed E-state index contributed by atoms with van der Waals surface area (Å²) in [6.45, 7) is 0.0421. The van der Waals surface area contributed by atoms with E-state index in [1.54, 1.807) is 0 Å². The van der Waals surface area contributed by atoms with Gasteiger partial charge in [-0.3, -0.25) is 0 Å². The van der Waals surface area contributed by atoms with E-state index < -0.39 is 17.5 Å². The molecule has 0 saturated heterocycles. The molecule has 0 aromatic heterocycles. The van der Waals surface area contributed by atoms with Crippen LogP contribution in [-0.4, -0.2) is 13.7 Å². The van der Waals surface area contributed by atoms with Crippen molar-refractivity contribution >= 4 is 0 Å². The molecule has 0 saturated carbocycles. The number of halogens is 3. The van der Waals surface area contributed by atoms with E-state index in [2.05, 4.69) is 4.74 Å². The van der Waals surface area contributed by atoms with E-state index in [4.69, 9.17) is 5.73 Å². The number of methoxy groups -OCH3 is 1. The van der Waals surface area contributed by atoms with Crippen LogP contribution in [0.5, 0.6) is 5.75 Å². The van der Waals surface area contributed by atoms with Crippen LogP contribution < -0.4 is 10.5 Å². The van der Waals surface area contributed by atoms with Crippen molar-refractivity contribution in [2.75, 3.05) is 13.7 Å². The Bertz CT molecular complexity index is 341. The molecular formula is C9H10F3NO. The summed E-state index contributed by atoms with van der Waals surface area (Å²) < 4.78 is 43.8. The molecule has 5 heteroatoms. The van der Waals surface area contributed by atoms with Gasteiger partial charge in [0.25, 0.3) is 0 Å². The van der Waals surface area contributed by atoms with Crippen molar-refractivity contribution in [3.63, 3.8) is 0 Å². The zero-order chi connectivity index (χ0) is 10.7. The third-order valence-corrected chi connectivity index (χ3v) is 1.83. The quantitative estimate of drug-likeness (QED) is 0.761. The molecule has 78 valence electrons. The summed E-state index contributed by atoms with van der Waals surface area (Å²) in [6, 6.07) is 0.671. The third kappa shape index (κ3) is 1.82. The molecule has 1 aromatic carbocycles. The normalized spacial score (nSPS) is 10.4. The van der Waals surface area contributed by atoms with Crippen LogP contribution in [0.1, 0.15) is 5.56 Å². The molecular weight excluding hydrogens is 195 g/mol. The maximum absolute atomic E-state index is 13.3. The van der Waals surface area contributed by atoms with Gasteiger partial charge in [-0.05, 0) is 13.0 Å². The summed E-state index contributed by atoms with van der Waals surface area (Å²) in [4.78, 5) is 0. The van der Waals surface area contributed by atoms with Crippen LogP contribution in [0.15, 0.2) is 6.07 Å². The predicted molar refractivity (Wildman–Crippen MR) is 45.6 cm³/mol. The van der Waals surface area contributed by atoms with Crippen molar-refractivity contribution in [2.45, 2.75) is 6.42 Å². The highest BCUT2D eigenvalue weighted by Crippen LogP contribution is 2.25. The van der Waals surface area contributed by atoms with Gasteiger partial charge in [-0.2, -0.15) is 0 Å². The molecule has 0 atom stereocenters. The molecule has 0 radical (unpaired) electrons. The van der Waals surface area contributed by atoms with Gasteiger partial charge in [0.05, 0.1) is 7.11 Å². The Balaban J connectivity index is 3.29. The standard InChI is InChI=1S/C9H10F3NO/c1-14-7-4-6(10)8(11)5(2-3-13)9(7)12/h4H,2-3,13H2,1H3. The molecule has 0 spiro atoms. The number of nitrogens with two attached hydrogens (primary N) is 1. The van der Waals surface area contributed by atoms with Gasteiger partial charge in [-0.1, -0.05) is 0 Å². The van der Waals surface area contributed by atoms with Crippen LogP contribution in [0.2, 0.25) is 0 Å². The molecule has 2 nitrogen and oxygen atoms in total. The monoisotopic (exact) mass is 205 g/mol. The van der Waals surface area contributed by atoms with Crippen LogP contribution in [0, 0.1) is 17.5 Å². The Labute approximate surface area is 79.5 Å². The van der Waals surface area contributed by atoms with E-state index in [9.17, 15) is 13.2 Å². The first kappa shape index (κ1) is 10.8. The van der Waals surface area contributed by atoms with E-state index in [0.717, 1.165) is 0 Å². The molecule has 0 amide bonds. The second-order valence-corrected chi connectivity index (χ2v) is 2.71. The Morgan fingerprint density at radius 3 is 2.43 bits per heavy atom. The van der Waals surface area contributed by atoms with Crippen LogP contribution >= 0.6 is 0 Å². The summed E-state index contributed by atoms with van der Waals surface area (Å²) in [7, 11) is 1.18. The minimum absolute atomic E-state index is 0.0421. The van der Waals surface area contributed by atoms with Crippen molar-refractivity contribution in [3.8, 4) is 5.75 Å². The Kier molecular flexibility index (Phi) is 3.35. The van der Waals surface area contributed by atoms with Crippen LogP contribution in [0.25, 0.3) is 0 Å². The Hall–Kier alpha value is -1.23. The highest BCUT2D eigenvalue weighted by molar-refractivity contribution is 5.33. The van der Waals surface area contributed by atoms with E-state index in [-0.39, 0.29) is 24.3 Å². The first-order chi connectivity index (χ1) is 6.61. The van der Waals surface area contributed by atoms with Crippen molar-refractivity contribution in [2.24, 2.45) is 5.73 Å². The number of benzene rings is 1. The number of ether oxygens (including phenoxy) is 1. The minimum Gasteiger partial charge on any atom is -0.494 e. The Morgan fingerprint density at radius 2 is 1.93 bits per heavy atom. The maximum Gasteiger partial charge on any atom is 0.171 e. The van der Waals surface area contributed by atoms with Crippen molar-refractivity contribution in [3.05, 3.63) is 29.1 Å². The van der Waals surface area contributed by atoms with Gasteiger partial charge < -0.3 is 10.5 Å². The Morgan fingerprint density at radius 1 is 1.29 bits per heavy atom. The SMILES string of the molecule is COc1cc(F)c(F)c(CCN)c1F. The average molecular weight is 205 g/mol. The van der Waals surface area contributed by atoms with Gasteiger partial charge in [0.1, 0.15) is 0 Å². The fourth-order valence-corrected chi connectivity index (χ4v) is 1.14. The first-order valence-corrected chi connectivity index (χ1v) is 4.02. The highest BCUT2D eigenvalue weighted by Gasteiger charge is 2.18. The molecule has 14 heavy (non-hydrogen) atoms. The van der Waals surface area contributed by atoms with E-state index in [1.165, 1.54) is 7.11 Å². The lowest BCUT2D eigenvalue weighted by Gasteiger charge is -2.08. The van der Waals surface area contributed by atoms with Crippen LogP contribution in [-0.2, 0) is 6.42 Å². The van der Waals surface area contributed by atoms with Crippen molar-refractivity contribution < 1.29 is 17.9 Å². The third-order valence-electron chi connectivity index (χ3n) is 1.83. The summed E-state index contributed by atoms with van der Waals surface area (Å²) in [5, 5.41) is 0. The van der Waals surface area contributed by atoms with Gasteiger partial charge >= 0.3 is 0 Å². The van der Waals surface area contributed by atoms with Crippen LogP contribution in [0.3, 0.4) is 0 Å². The largest absolute Gasteiger partial charge is 0.494 e. The maximum atomic E-state index is 13.3. The second-order valence-electron chi connectivity index (χ2n) is 2.71. The van der Waals surface area contributed by atoms with Gasteiger partial charge in [-0.25, -0.2) is 13.2 Å². The minimum atomic E-state index is -1.20. The number of rotatable bonds is 3. The lowest BCUT2D eigenvalue weighted by Crippen LogP contribution is -2.09. The first-order valence-electron chi connectivity index (χ1n) is 4.02. The molecule has 1 aromatic rings. The highest BCUT2D eigenvalue weighted by atomic mass is 19.2. The topological polar surface area (TPSA) is 35.2 Å².